The van der Waals surface area contributed by atoms with E-state index in [0.29, 0.717) is 30.6 Å². The SMILES string of the molecule is Cc1c(Br)c(C(F)F)nn1[C@H](C)C(=O)N(CC(C)C)CC(C)C. The monoisotopic (exact) mass is 393 g/mol. The van der Waals surface area contributed by atoms with E-state index in [1.54, 1.807) is 18.7 Å². The Morgan fingerprint density at radius 2 is 1.65 bits per heavy atom. The Bertz CT molecular complexity index is 534. The van der Waals surface area contributed by atoms with E-state index in [-0.39, 0.29) is 16.1 Å². The second kappa shape index (κ2) is 8.22. The molecular weight excluding hydrogens is 368 g/mol. The van der Waals surface area contributed by atoms with E-state index in [1.807, 2.05) is 0 Å². The largest absolute Gasteiger partial charge is 0.340 e. The molecule has 1 aromatic heterocycles. The van der Waals surface area contributed by atoms with Crippen molar-refractivity contribution in [1.82, 2.24) is 14.7 Å². The van der Waals surface area contributed by atoms with Crippen molar-refractivity contribution in [3.63, 3.8) is 0 Å². The summed E-state index contributed by atoms with van der Waals surface area (Å²) >= 11 is 3.15. The summed E-state index contributed by atoms with van der Waals surface area (Å²) in [5.41, 5.74) is 0.219. The molecule has 0 fully saturated rings. The number of halogens is 3. The van der Waals surface area contributed by atoms with E-state index < -0.39 is 12.5 Å². The first-order valence-corrected chi connectivity index (χ1v) is 8.66. The molecule has 0 bridgehead atoms. The number of carbonyl (C=O) groups excluding carboxylic acids is 1. The fourth-order valence-electron chi connectivity index (χ4n) is 2.54. The fourth-order valence-corrected chi connectivity index (χ4v) is 2.98. The number of rotatable bonds is 7. The van der Waals surface area contributed by atoms with Crippen molar-refractivity contribution in [2.45, 2.75) is 54.0 Å². The number of alkyl halides is 2. The van der Waals surface area contributed by atoms with Crippen molar-refractivity contribution >= 4 is 21.8 Å². The van der Waals surface area contributed by atoms with Crippen LogP contribution >= 0.6 is 15.9 Å². The minimum absolute atomic E-state index is 0.0914. The third-order valence-electron chi connectivity index (χ3n) is 3.52. The maximum Gasteiger partial charge on any atom is 0.283 e. The average Bonchev–Trinajstić information content (AvgIpc) is 2.72. The van der Waals surface area contributed by atoms with Gasteiger partial charge in [-0.1, -0.05) is 27.7 Å². The van der Waals surface area contributed by atoms with E-state index in [2.05, 4.69) is 48.7 Å². The molecule has 4 nitrogen and oxygen atoms in total. The van der Waals surface area contributed by atoms with E-state index in [4.69, 9.17) is 0 Å². The van der Waals surface area contributed by atoms with Gasteiger partial charge in [-0.3, -0.25) is 9.48 Å². The lowest BCUT2D eigenvalue weighted by Gasteiger charge is -2.29. The number of amides is 1. The van der Waals surface area contributed by atoms with Crippen LogP contribution in [0.1, 0.15) is 58.5 Å². The molecule has 1 heterocycles. The molecule has 0 spiro atoms. The van der Waals surface area contributed by atoms with Gasteiger partial charge in [0, 0.05) is 13.1 Å². The van der Waals surface area contributed by atoms with E-state index in [0.717, 1.165) is 0 Å². The predicted molar refractivity (Wildman–Crippen MR) is 90.6 cm³/mol. The van der Waals surface area contributed by atoms with Crippen LogP contribution in [0.4, 0.5) is 8.78 Å². The zero-order valence-corrected chi connectivity index (χ0v) is 16.2. The third kappa shape index (κ3) is 4.99. The Hall–Kier alpha value is -0.980. The Balaban J connectivity index is 3.08. The van der Waals surface area contributed by atoms with Crippen molar-refractivity contribution < 1.29 is 13.6 Å². The number of carbonyl (C=O) groups is 1. The molecule has 1 amide bonds. The first kappa shape index (κ1) is 20.1. The second-order valence-corrected chi connectivity index (χ2v) is 7.53. The van der Waals surface area contributed by atoms with Gasteiger partial charge in [-0.05, 0) is 41.6 Å². The van der Waals surface area contributed by atoms with Gasteiger partial charge in [-0.15, -0.1) is 0 Å². The smallest absolute Gasteiger partial charge is 0.283 e. The lowest BCUT2D eigenvalue weighted by atomic mass is 10.1. The molecule has 1 aromatic rings. The Morgan fingerprint density at radius 1 is 1.17 bits per heavy atom. The molecular formula is C16H26BrF2N3O. The van der Waals surface area contributed by atoms with Crippen molar-refractivity contribution in [2.75, 3.05) is 13.1 Å². The topological polar surface area (TPSA) is 38.1 Å². The summed E-state index contributed by atoms with van der Waals surface area (Å²) in [6.45, 7) is 12.9. The first-order valence-electron chi connectivity index (χ1n) is 7.87. The zero-order chi connectivity index (χ0) is 17.9. The molecule has 0 radical (unpaired) electrons. The summed E-state index contributed by atoms with van der Waals surface area (Å²) in [6, 6.07) is -0.615. The van der Waals surface area contributed by atoms with Crippen molar-refractivity contribution in [2.24, 2.45) is 11.8 Å². The van der Waals surface area contributed by atoms with Crippen LogP contribution in [-0.2, 0) is 4.79 Å². The van der Waals surface area contributed by atoms with Gasteiger partial charge in [-0.25, -0.2) is 8.78 Å². The molecule has 23 heavy (non-hydrogen) atoms. The third-order valence-corrected chi connectivity index (χ3v) is 4.50. The lowest BCUT2D eigenvalue weighted by Crippen LogP contribution is -2.41. The standard InChI is InChI=1S/C16H26BrF2N3O/c1-9(2)7-21(8-10(3)4)16(23)12(6)22-11(5)13(17)14(20-22)15(18)19/h9-10,12,15H,7-8H2,1-6H3/t12-/m1/s1. The Labute approximate surface area is 145 Å². The molecule has 7 heteroatoms. The van der Waals surface area contributed by atoms with Crippen molar-refractivity contribution in [3.05, 3.63) is 15.9 Å². The predicted octanol–water partition coefficient (Wildman–Crippen LogP) is 4.59. The van der Waals surface area contributed by atoms with Crippen LogP contribution in [0.5, 0.6) is 0 Å². The average molecular weight is 394 g/mol. The Morgan fingerprint density at radius 3 is 2.00 bits per heavy atom. The molecule has 0 aliphatic heterocycles. The minimum atomic E-state index is -2.67. The van der Waals surface area contributed by atoms with Crippen LogP contribution < -0.4 is 0 Å². The summed E-state index contributed by atoms with van der Waals surface area (Å²) in [5, 5.41) is 3.94. The maximum atomic E-state index is 13.0. The van der Waals surface area contributed by atoms with Gasteiger partial charge in [-0.2, -0.15) is 5.10 Å². The van der Waals surface area contributed by atoms with E-state index in [1.165, 1.54) is 4.68 Å². The Kier molecular flexibility index (Phi) is 7.17. The minimum Gasteiger partial charge on any atom is -0.340 e. The molecule has 0 unspecified atom stereocenters. The second-order valence-electron chi connectivity index (χ2n) is 6.74. The fraction of sp³-hybridized carbons (Fsp3) is 0.750. The van der Waals surface area contributed by atoms with Crippen molar-refractivity contribution in [3.8, 4) is 0 Å². The van der Waals surface area contributed by atoms with Gasteiger partial charge in [0.2, 0.25) is 5.91 Å². The molecule has 0 aliphatic rings. The van der Waals surface area contributed by atoms with Crippen LogP contribution in [0.25, 0.3) is 0 Å². The maximum absolute atomic E-state index is 13.0. The molecule has 1 atom stereocenters. The number of aromatic nitrogens is 2. The van der Waals surface area contributed by atoms with Gasteiger partial charge in [0.25, 0.3) is 6.43 Å². The molecule has 1 rings (SSSR count). The van der Waals surface area contributed by atoms with E-state index >= 15 is 0 Å². The lowest BCUT2D eigenvalue weighted by molar-refractivity contribution is -0.135. The van der Waals surface area contributed by atoms with Gasteiger partial charge in [0.05, 0.1) is 10.2 Å². The van der Waals surface area contributed by atoms with E-state index in [9.17, 15) is 13.6 Å². The van der Waals surface area contributed by atoms with Gasteiger partial charge in [0.15, 0.2) is 0 Å². The van der Waals surface area contributed by atoms with Crippen LogP contribution in [0.15, 0.2) is 4.47 Å². The van der Waals surface area contributed by atoms with Gasteiger partial charge >= 0.3 is 0 Å². The highest BCUT2D eigenvalue weighted by molar-refractivity contribution is 9.10. The molecule has 0 N–H and O–H groups in total. The molecule has 0 saturated heterocycles. The highest BCUT2D eigenvalue weighted by atomic mass is 79.9. The molecule has 0 aliphatic carbocycles. The van der Waals surface area contributed by atoms with Crippen LogP contribution in [0.3, 0.4) is 0 Å². The van der Waals surface area contributed by atoms with Gasteiger partial charge < -0.3 is 4.90 Å². The van der Waals surface area contributed by atoms with Crippen molar-refractivity contribution in [1.29, 1.82) is 0 Å². The summed E-state index contributed by atoms with van der Waals surface area (Å²) < 4.78 is 27.6. The van der Waals surface area contributed by atoms with Crippen LogP contribution in [0.2, 0.25) is 0 Å². The highest BCUT2D eigenvalue weighted by Gasteiger charge is 2.28. The summed E-state index contributed by atoms with van der Waals surface area (Å²) in [7, 11) is 0. The van der Waals surface area contributed by atoms with Crippen LogP contribution in [0, 0.1) is 18.8 Å². The highest BCUT2D eigenvalue weighted by Crippen LogP contribution is 2.31. The first-order chi connectivity index (χ1) is 10.6. The summed E-state index contributed by atoms with van der Waals surface area (Å²) in [4.78, 5) is 14.6. The molecule has 0 aromatic carbocycles. The number of hydrogen-bond acceptors (Lipinski definition) is 2. The normalized spacial score (nSPS) is 13.2. The number of hydrogen-bond donors (Lipinski definition) is 0. The van der Waals surface area contributed by atoms with Gasteiger partial charge in [0.1, 0.15) is 11.7 Å². The zero-order valence-electron chi connectivity index (χ0n) is 14.6. The summed E-state index contributed by atoms with van der Waals surface area (Å²) in [5.74, 6) is 0.588. The number of nitrogens with zero attached hydrogens (tertiary/aromatic N) is 3. The van der Waals surface area contributed by atoms with Crippen LogP contribution in [-0.4, -0.2) is 33.7 Å². The molecule has 132 valence electrons. The quantitative estimate of drug-likeness (QED) is 0.678. The summed E-state index contributed by atoms with van der Waals surface area (Å²) in [6.07, 6.45) is -2.67. The molecule has 0 saturated carbocycles.